The molecule has 0 spiro atoms. The number of nitrogens with zero attached hydrogens (tertiary/aromatic N) is 4. The highest BCUT2D eigenvalue weighted by Crippen LogP contribution is 2.66. The molecule has 30 heavy (non-hydrogen) atoms. The summed E-state index contributed by atoms with van der Waals surface area (Å²) in [5.41, 5.74) is 0.256. The summed E-state index contributed by atoms with van der Waals surface area (Å²) in [6, 6.07) is 0. The van der Waals surface area contributed by atoms with E-state index in [2.05, 4.69) is 83.7 Å². The van der Waals surface area contributed by atoms with Gasteiger partial charge in [0.15, 0.2) is 7.51 Å². The number of hydrogen-bond acceptors (Lipinski definition) is 1. The Hall–Kier alpha value is 0.0700. The third-order valence-corrected chi connectivity index (χ3v) is 10.5. The first-order valence-electron chi connectivity index (χ1n) is 12.7. The molecule has 0 unspecified atom stereocenters. The van der Waals surface area contributed by atoms with E-state index >= 15 is 0 Å². The fourth-order valence-electron chi connectivity index (χ4n) is 6.22. The van der Waals surface area contributed by atoms with Crippen LogP contribution in [-0.2, 0) is 0 Å². The van der Waals surface area contributed by atoms with Gasteiger partial charge >= 0.3 is 0 Å². The van der Waals surface area contributed by atoms with Gasteiger partial charge in [-0.2, -0.15) is 4.85 Å². The maximum atomic E-state index is 6.43. The molecular weight excluding hydrogens is 389 g/mol. The average Bonchev–Trinajstić information content (AvgIpc) is 2.66. The largest absolute Gasteiger partial charge is 0.251 e. The molecule has 0 aromatic heterocycles. The van der Waals surface area contributed by atoms with Gasteiger partial charge in [-0.25, -0.2) is 10.5 Å². The Bertz CT molecular complexity index is 432. The molecule has 0 atom stereocenters. The molecule has 0 saturated heterocycles. The fraction of sp³-hybridized carbons (Fsp3) is 1.00. The molecule has 0 bridgehead atoms. The highest BCUT2D eigenvalue weighted by atomic mass is 31.2. The lowest BCUT2D eigenvalue weighted by Crippen LogP contribution is -2.61. The highest BCUT2D eigenvalue weighted by Gasteiger charge is 2.54. The Kier molecular flexibility index (Phi) is 14.3. The van der Waals surface area contributed by atoms with Crippen molar-refractivity contribution in [1.82, 2.24) is 14.0 Å². The van der Waals surface area contributed by atoms with E-state index in [4.69, 9.17) is 10.7 Å². The van der Waals surface area contributed by atoms with Crippen molar-refractivity contribution in [3.05, 3.63) is 0 Å². The maximum absolute atomic E-state index is 6.43. The standard InChI is InChI=1S/C24H56N5P/c1-11-17-23(18-12-2,19-13-3)29(30(26-25,27(7)8)28(9)10)24(20-14-4,21-15-5)22-16-6/h11-22,25H2,1-10H3. The summed E-state index contributed by atoms with van der Waals surface area (Å²) in [4.78, 5) is 4.83. The predicted octanol–water partition coefficient (Wildman–Crippen LogP) is 7.51. The van der Waals surface area contributed by atoms with Crippen molar-refractivity contribution in [2.24, 2.45) is 10.7 Å². The van der Waals surface area contributed by atoms with Crippen LogP contribution in [-0.4, -0.2) is 53.3 Å². The summed E-state index contributed by atoms with van der Waals surface area (Å²) >= 11 is 0. The topological polar surface area (TPSA) is 48.1 Å². The minimum atomic E-state index is -2.25. The molecule has 5 nitrogen and oxygen atoms in total. The zero-order valence-corrected chi connectivity index (χ0v) is 23.2. The Balaban J connectivity index is 7.45. The van der Waals surface area contributed by atoms with Crippen LogP contribution in [0.4, 0.5) is 0 Å². The van der Waals surface area contributed by atoms with Crippen molar-refractivity contribution in [1.29, 1.82) is 0 Å². The first-order valence-corrected chi connectivity index (χ1v) is 14.3. The monoisotopic (exact) mass is 445 g/mol. The predicted molar refractivity (Wildman–Crippen MR) is 138 cm³/mol. The van der Waals surface area contributed by atoms with Crippen molar-refractivity contribution in [2.45, 2.75) is 130 Å². The van der Waals surface area contributed by atoms with E-state index in [0.717, 1.165) is 0 Å². The average molecular weight is 446 g/mol. The minimum absolute atomic E-state index is 0.128. The number of nitrogens with two attached hydrogens (primary N) is 1. The maximum Gasteiger partial charge on any atom is 0.185 e. The molecule has 6 heteroatoms. The van der Waals surface area contributed by atoms with E-state index in [1.54, 1.807) is 0 Å². The van der Waals surface area contributed by atoms with E-state index in [1.807, 2.05) is 0 Å². The van der Waals surface area contributed by atoms with E-state index < -0.39 is 7.51 Å². The van der Waals surface area contributed by atoms with Crippen molar-refractivity contribution in [2.75, 3.05) is 28.2 Å². The third kappa shape index (κ3) is 6.32. The van der Waals surface area contributed by atoms with Gasteiger partial charge < -0.3 is 0 Å². The lowest BCUT2D eigenvalue weighted by molar-refractivity contribution is 0.0115. The molecule has 0 amide bonds. The molecule has 0 radical (unpaired) electrons. The molecule has 182 valence electrons. The summed E-state index contributed by atoms with van der Waals surface area (Å²) in [6.45, 7) is 14.1. The molecular formula is C24H56N5P. The molecule has 0 aliphatic rings. The quantitative estimate of drug-likeness (QED) is 0.143. The third-order valence-electron chi connectivity index (χ3n) is 6.69. The van der Waals surface area contributed by atoms with E-state index in [1.165, 1.54) is 77.0 Å². The summed E-state index contributed by atoms with van der Waals surface area (Å²) in [6.07, 6.45) is 14.5. The molecule has 0 heterocycles. The van der Waals surface area contributed by atoms with Gasteiger partial charge in [-0.05, 0) is 66.7 Å². The lowest BCUT2D eigenvalue weighted by Gasteiger charge is -2.62. The molecule has 0 aliphatic heterocycles. The van der Waals surface area contributed by atoms with E-state index in [9.17, 15) is 0 Å². The van der Waals surface area contributed by atoms with Crippen LogP contribution in [0.5, 0.6) is 0 Å². The van der Waals surface area contributed by atoms with Crippen LogP contribution >= 0.6 is 7.51 Å². The SMILES string of the molecule is CCCC(CCC)(CCC)N(C(CCC)(CCC)CCC)P(=NN)(N(C)C)N(C)C. The van der Waals surface area contributed by atoms with Gasteiger partial charge in [0.2, 0.25) is 0 Å². The van der Waals surface area contributed by atoms with Crippen LogP contribution in [0.2, 0.25) is 0 Å². The first kappa shape index (κ1) is 30.1. The van der Waals surface area contributed by atoms with Crippen molar-refractivity contribution in [3.63, 3.8) is 0 Å². The van der Waals surface area contributed by atoms with Gasteiger partial charge in [0.25, 0.3) is 0 Å². The normalized spacial score (nSPS) is 13.7. The molecule has 0 rings (SSSR count). The Morgan fingerprint density at radius 1 is 0.567 bits per heavy atom. The summed E-state index contributed by atoms with van der Waals surface area (Å²) in [7, 11) is 6.53. The summed E-state index contributed by atoms with van der Waals surface area (Å²) < 4.78 is 7.68. The van der Waals surface area contributed by atoms with Crippen molar-refractivity contribution >= 4 is 7.51 Å². The van der Waals surface area contributed by atoms with Gasteiger partial charge in [-0.3, -0.25) is 9.34 Å². The van der Waals surface area contributed by atoms with Crippen LogP contribution in [0.25, 0.3) is 0 Å². The summed E-state index contributed by atoms with van der Waals surface area (Å²) in [5, 5.41) is 0. The van der Waals surface area contributed by atoms with Crippen molar-refractivity contribution < 1.29 is 0 Å². The molecule has 0 fully saturated rings. The van der Waals surface area contributed by atoms with E-state index in [0.29, 0.717) is 0 Å². The molecule has 0 aromatic carbocycles. The van der Waals surface area contributed by atoms with Crippen LogP contribution in [0, 0.1) is 0 Å². The molecule has 0 aliphatic carbocycles. The number of rotatable bonds is 17. The van der Waals surface area contributed by atoms with Crippen LogP contribution in [0.15, 0.2) is 4.85 Å². The van der Waals surface area contributed by atoms with E-state index in [-0.39, 0.29) is 11.1 Å². The van der Waals surface area contributed by atoms with Gasteiger partial charge in [0.1, 0.15) is 0 Å². The van der Waals surface area contributed by atoms with Gasteiger partial charge in [0.05, 0.1) is 0 Å². The fourth-order valence-corrected chi connectivity index (χ4v) is 9.91. The summed E-state index contributed by atoms with van der Waals surface area (Å²) in [5.74, 6) is 6.43. The lowest BCUT2D eigenvalue weighted by atomic mass is 9.76. The smallest absolute Gasteiger partial charge is 0.185 e. The molecule has 0 aromatic rings. The second-order valence-electron chi connectivity index (χ2n) is 9.61. The molecule has 0 saturated carbocycles. The number of hydrogen-bond donors (Lipinski definition) is 1. The van der Waals surface area contributed by atoms with Crippen molar-refractivity contribution in [3.8, 4) is 0 Å². The van der Waals surface area contributed by atoms with Crippen LogP contribution < -0.4 is 5.84 Å². The van der Waals surface area contributed by atoms with Gasteiger partial charge in [-0.15, -0.1) is 0 Å². The van der Waals surface area contributed by atoms with Crippen LogP contribution in [0.3, 0.4) is 0 Å². The molecule has 2 N–H and O–H groups in total. The minimum Gasteiger partial charge on any atom is -0.251 e. The van der Waals surface area contributed by atoms with Crippen LogP contribution in [0.1, 0.15) is 119 Å². The zero-order chi connectivity index (χ0) is 23.4. The second kappa shape index (κ2) is 14.3. The highest BCUT2D eigenvalue weighted by molar-refractivity contribution is 7.59. The van der Waals surface area contributed by atoms with Gasteiger partial charge in [-0.1, -0.05) is 80.1 Å². The Labute approximate surface area is 190 Å². The second-order valence-corrected chi connectivity index (χ2v) is 12.9. The first-order chi connectivity index (χ1) is 14.2. The Morgan fingerprint density at radius 2 is 0.800 bits per heavy atom. The zero-order valence-electron chi connectivity index (χ0n) is 22.3. The Morgan fingerprint density at radius 3 is 0.933 bits per heavy atom. The van der Waals surface area contributed by atoms with Gasteiger partial charge in [0, 0.05) is 11.1 Å².